The maximum absolute atomic E-state index is 4.29. The molecule has 1 aliphatic carbocycles. The summed E-state index contributed by atoms with van der Waals surface area (Å²) in [5, 5.41) is 8.10. The van der Waals surface area contributed by atoms with Gasteiger partial charge in [0.25, 0.3) is 0 Å². The minimum atomic E-state index is 0.705. The van der Waals surface area contributed by atoms with Gasteiger partial charge in [0, 0.05) is 45.0 Å². The van der Waals surface area contributed by atoms with Crippen molar-refractivity contribution in [1.29, 1.82) is 0 Å². The van der Waals surface area contributed by atoms with Crippen molar-refractivity contribution in [2.45, 2.75) is 51.6 Å². The number of nitrogens with zero attached hydrogens (tertiary/aromatic N) is 3. The Hall–Kier alpha value is -0.870. The largest absolute Gasteiger partial charge is 0.311 e. The molecule has 1 saturated carbocycles. The molecule has 2 heterocycles. The van der Waals surface area contributed by atoms with E-state index >= 15 is 0 Å². The summed E-state index contributed by atoms with van der Waals surface area (Å²) in [6, 6.07) is 1.44. The molecule has 0 spiro atoms. The Kier molecular flexibility index (Phi) is 4.65. The van der Waals surface area contributed by atoms with Crippen molar-refractivity contribution >= 4 is 0 Å². The zero-order valence-electron chi connectivity index (χ0n) is 13.8. The van der Waals surface area contributed by atoms with Gasteiger partial charge in [-0.25, -0.2) is 0 Å². The molecule has 1 N–H and O–H groups in total. The van der Waals surface area contributed by atoms with Gasteiger partial charge in [-0.05, 0) is 43.1 Å². The SMILES string of the molecule is CC(C)CC1CNC(C2CC2)CN1CCc1cnn(C)c1. The smallest absolute Gasteiger partial charge is 0.0522 e. The highest BCUT2D eigenvalue weighted by molar-refractivity contribution is 5.05. The van der Waals surface area contributed by atoms with Gasteiger partial charge in [0.05, 0.1) is 6.20 Å². The number of nitrogens with one attached hydrogen (secondary N) is 1. The van der Waals surface area contributed by atoms with Crippen molar-refractivity contribution in [2.24, 2.45) is 18.9 Å². The number of hydrogen-bond donors (Lipinski definition) is 1. The second kappa shape index (κ2) is 6.49. The molecule has 1 aromatic rings. The van der Waals surface area contributed by atoms with E-state index in [0.29, 0.717) is 6.04 Å². The molecule has 2 unspecified atom stereocenters. The molecular formula is C17H30N4. The van der Waals surface area contributed by atoms with E-state index in [1.54, 1.807) is 0 Å². The van der Waals surface area contributed by atoms with Crippen LogP contribution < -0.4 is 5.32 Å². The van der Waals surface area contributed by atoms with Crippen LogP contribution in [0.1, 0.15) is 38.7 Å². The molecule has 1 saturated heterocycles. The predicted octanol–water partition coefficient (Wildman–Crippen LogP) is 2.06. The zero-order valence-corrected chi connectivity index (χ0v) is 13.8. The monoisotopic (exact) mass is 290 g/mol. The van der Waals surface area contributed by atoms with Crippen molar-refractivity contribution in [3.8, 4) is 0 Å². The van der Waals surface area contributed by atoms with Crippen molar-refractivity contribution in [2.75, 3.05) is 19.6 Å². The van der Waals surface area contributed by atoms with Crippen LogP contribution in [0.3, 0.4) is 0 Å². The first kappa shape index (κ1) is 15.0. The minimum Gasteiger partial charge on any atom is -0.311 e. The third-order valence-electron chi connectivity index (χ3n) is 4.94. The number of rotatable bonds is 6. The van der Waals surface area contributed by atoms with Crippen molar-refractivity contribution in [3.05, 3.63) is 18.0 Å². The molecule has 2 atom stereocenters. The van der Waals surface area contributed by atoms with Crippen LogP contribution in [-0.2, 0) is 13.5 Å². The molecule has 4 heteroatoms. The Morgan fingerprint density at radius 2 is 2.19 bits per heavy atom. The molecule has 21 heavy (non-hydrogen) atoms. The number of aryl methyl sites for hydroxylation is 1. The van der Waals surface area contributed by atoms with Gasteiger partial charge in [0.15, 0.2) is 0 Å². The maximum Gasteiger partial charge on any atom is 0.0522 e. The summed E-state index contributed by atoms with van der Waals surface area (Å²) in [4.78, 5) is 2.74. The van der Waals surface area contributed by atoms with Gasteiger partial charge in [-0.2, -0.15) is 5.10 Å². The van der Waals surface area contributed by atoms with Crippen LogP contribution in [0, 0.1) is 11.8 Å². The Bertz CT molecular complexity index is 449. The molecule has 1 aliphatic heterocycles. The Morgan fingerprint density at radius 3 is 2.81 bits per heavy atom. The molecule has 0 radical (unpaired) electrons. The van der Waals surface area contributed by atoms with Gasteiger partial charge >= 0.3 is 0 Å². The summed E-state index contributed by atoms with van der Waals surface area (Å²) in [6.07, 6.45) is 9.46. The second-order valence-electron chi connectivity index (χ2n) is 7.40. The summed E-state index contributed by atoms with van der Waals surface area (Å²) in [7, 11) is 2.00. The first-order valence-electron chi connectivity index (χ1n) is 8.56. The fourth-order valence-electron chi connectivity index (χ4n) is 3.62. The van der Waals surface area contributed by atoms with Gasteiger partial charge < -0.3 is 5.32 Å². The van der Waals surface area contributed by atoms with Gasteiger partial charge in [-0.3, -0.25) is 9.58 Å². The molecule has 3 rings (SSSR count). The Labute approximate surface area is 128 Å². The molecule has 0 amide bonds. The fraction of sp³-hybridized carbons (Fsp3) is 0.824. The zero-order chi connectivity index (χ0) is 14.8. The second-order valence-corrected chi connectivity index (χ2v) is 7.40. The maximum atomic E-state index is 4.29. The average molecular weight is 290 g/mol. The molecule has 0 bridgehead atoms. The lowest BCUT2D eigenvalue weighted by atomic mass is 9.97. The normalized spacial score (nSPS) is 27.4. The number of aromatic nitrogens is 2. The molecular weight excluding hydrogens is 260 g/mol. The lowest BCUT2D eigenvalue weighted by Gasteiger charge is -2.41. The third-order valence-corrected chi connectivity index (χ3v) is 4.94. The predicted molar refractivity (Wildman–Crippen MR) is 86.2 cm³/mol. The van der Waals surface area contributed by atoms with Crippen molar-refractivity contribution in [1.82, 2.24) is 20.0 Å². The minimum absolute atomic E-state index is 0.705. The van der Waals surface area contributed by atoms with E-state index in [1.807, 2.05) is 17.9 Å². The van der Waals surface area contributed by atoms with Crippen LogP contribution in [0.5, 0.6) is 0 Å². The number of hydrogen-bond acceptors (Lipinski definition) is 3. The van der Waals surface area contributed by atoms with E-state index in [4.69, 9.17) is 0 Å². The standard InChI is InChI=1S/C17H30N4/c1-13(2)8-16-10-18-17(15-4-5-15)12-21(16)7-6-14-9-19-20(3)11-14/h9,11,13,15-18H,4-8,10,12H2,1-3H3. The summed E-state index contributed by atoms with van der Waals surface area (Å²) in [6.45, 7) is 8.27. The summed E-state index contributed by atoms with van der Waals surface area (Å²) >= 11 is 0. The summed E-state index contributed by atoms with van der Waals surface area (Å²) < 4.78 is 1.91. The van der Waals surface area contributed by atoms with Gasteiger partial charge in [-0.15, -0.1) is 0 Å². The van der Waals surface area contributed by atoms with E-state index < -0.39 is 0 Å². The lowest BCUT2D eigenvalue weighted by molar-refractivity contribution is 0.108. The first-order chi connectivity index (χ1) is 10.1. The van der Waals surface area contributed by atoms with Crippen LogP contribution in [-0.4, -0.2) is 46.4 Å². The van der Waals surface area contributed by atoms with Crippen LogP contribution >= 0.6 is 0 Å². The molecule has 2 aliphatic rings. The summed E-state index contributed by atoms with van der Waals surface area (Å²) in [5.41, 5.74) is 1.36. The van der Waals surface area contributed by atoms with E-state index in [-0.39, 0.29) is 0 Å². The molecule has 0 aromatic carbocycles. The van der Waals surface area contributed by atoms with E-state index in [2.05, 4.69) is 35.4 Å². The Morgan fingerprint density at radius 1 is 1.38 bits per heavy atom. The van der Waals surface area contributed by atoms with E-state index in [0.717, 1.165) is 24.3 Å². The topological polar surface area (TPSA) is 33.1 Å². The third kappa shape index (κ3) is 4.07. The highest BCUT2D eigenvalue weighted by atomic mass is 15.2. The lowest BCUT2D eigenvalue weighted by Crippen LogP contribution is -2.57. The fourth-order valence-corrected chi connectivity index (χ4v) is 3.62. The highest BCUT2D eigenvalue weighted by Gasteiger charge is 2.37. The Balaban J connectivity index is 1.58. The average Bonchev–Trinajstić information content (AvgIpc) is 3.20. The molecule has 1 aromatic heterocycles. The number of piperazine rings is 1. The van der Waals surface area contributed by atoms with Gasteiger partial charge in [0.1, 0.15) is 0 Å². The molecule has 4 nitrogen and oxygen atoms in total. The summed E-state index contributed by atoms with van der Waals surface area (Å²) in [5.74, 6) is 1.72. The van der Waals surface area contributed by atoms with Crippen LogP contribution in [0.25, 0.3) is 0 Å². The van der Waals surface area contributed by atoms with E-state index in [9.17, 15) is 0 Å². The molecule has 2 fully saturated rings. The van der Waals surface area contributed by atoms with Gasteiger partial charge in [-0.1, -0.05) is 13.8 Å². The van der Waals surface area contributed by atoms with Crippen LogP contribution in [0.15, 0.2) is 12.4 Å². The quantitative estimate of drug-likeness (QED) is 0.870. The van der Waals surface area contributed by atoms with Crippen molar-refractivity contribution < 1.29 is 0 Å². The molecule has 118 valence electrons. The van der Waals surface area contributed by atoms with Crippen LogP contribution in [0.4, 0.5) is 0 Å². The first-order valence-corrected chi connectivity index (χ1v) is 8.56. The highest BCUT2D eigenvalue weighted by Crippen LogP contribution is 2.34. The van der Waals surface area contributed by atoms with E-state index in [1.165, 1.54) is 44.5 Å². The van der Waals surface area contributed by atoms with Gasteiger partial charge in [0.2, 0.25) is 0 Å². The van der Waals surface area contributed by atoms with Crippen LogP contribution in [0.2, 0.25) is 0 Å². The van der Waals surface area contributed by atoms with Crippen molar-refractivity contribution in [3.63, 3.8) is 0 Å².